The third-order valence-corrected chi connectivity index (χ3v) is 6.07. The number of nitrogens with zero attached hydrogens (tertiary/aromatic N) is 4. The zero-order valence-electron chi connectivity index (χ0n) is 16.6. The van der Waals surface area contributed by atoms with Crippen molar-refractivity contribution in [3.63, 3.8) is 0 Å². The van der Waals surface area contributed by atoms with Gasteiger partial charge in [0.15, 0.2) is 17.1 Å². The molecule has 2 aromatic heterocycles. The summed E-state index contributed by atoms with van der Waals surface area (Å²) in [7, 11) is -1.34. The van der Waals surface area contributed by atoms with E-state index in [2.05, 4.69) is 29.6 Å². The third-order valence-electron chi connectivity index (χ3n) is 4.37. The number of fused-ring (bicyclic) bond motifs is 1. The summed E-state index contributed by atoms with van der Waals surface area (Å²) >= 11 is 0. The molecule has 0 fully saturated rings. The maximum absolute atomic E-state index is 14.5. The van der Waals surface area contributed by atoms with Crippen molar-refractivity contribution in [2.24, 2.45) is 0 Å². The fraction of sp³-hybridized carbons (Fsp3) is 0.368. The number of rotatable bonds is 7. The monoisotopic (exact) mass is 436 g/mol. The second-order valence-electron chi connectivity index (χ2n) is 7.82. The van der Waals surface area contributed by atoms with Gasteiger partial charge in [-0.1, -0.05) is 19.6 Å². The number of halogens is 3. The van der Waals surface area contributed by atoms with Gasteiger partial charge in [0.1, 0.15) is 24.0 Å². The van der Waals surface area contributed by atoms with Gasteiger partial charge in [-0.05, 0) is 18.2 Å². The molecular formula is C19H19F3N4O3Si. The van der Waals surface area contributed by atoms with Gasteiger partial charge in [0.2, 0.25) is 0 Å². The lowest BCUT2D eigenvalue weighted by atomic mass is 10.1. The number of hydrogen-bond donors (Lipinski definition) is 0. The topological polar surface area (TPSA) is 93.9 Å². The number of alkyl halides is 2. The molecule has 7 nitrogen and oxygen atoms in total. The predicted molar refractivity (Wildman–Crippen MR) is 105 cm³/mol. The Morgan fingerprint density at radius 3 is 2.70 bits per heavy atom. The molecule has 0 aliphatic rings. The van der Waals surface area contributed by atoms with Crippen LogP contribution in [0, 0.1) is 17.1 Å². The van der Waals surface area contributed by atoms with Crippen molar-refractivity contribution in [1.82, 2.24) is 14.5 Å². The first-order valence-electron chi connectivity index (χ1n) is 9.07. The summed E-state index contributed by atoms with van der Waals surface area (Å²) in [6.07, 6.45) is -1.95. The molecule has 2 heterocycles. The van der Waals surface area contributed by atoms with Crippen LogP contribution in [0.3, 0.4) is 0 Å². The molecule has 0 amide bonds. The van der Waals surface area contributed by atoms with Crippen molar-refractivity contribution < 1.29 is 22.3 Å². The summed E-state index contributed by atoms with van der Waals surface area (Å²) in [5.41, 5.74) is -1.43. The zero-order valence-corrected chi connectivity index (χ0v) is 17.6. The molecule has 3 aromatic rings. The molecule has 0 unspecified atom stereocenters. The van der Waals surface area contributed by atoms with Crippen molar-refractivity contribution >= 4 is 19.2 Å². The molecule has 0 N–H and O–H groups in total. The highest BCUT2D eigenvalue weighted by Crippen LogP contribution is 2.30. The van der Waals surface area contributed by atoms with E-state index >= 15 is 0 Å². The van der Waals surface area contributed by atoms with E-state index in [-0.39, 0.29) is 29.1 Å². The molecule has 0 bridgehead atoms. The van der Waals surface area contributed by atoms with Crippen LogP contribution in [-0.2, 0) is 11.5 Å². The first kappa shape index (κ1) is 21.7. The third kappa shape index (κ3) is 4.44. The average molecular weight is 436 g/mol. The van der Waals surface area contributed by atoms with E-state index in [0.29, 0.717) is 6.61 Å². The smallest absolute Gasteiger partial charge is 0.407 e. The standard InChI is InChI=1S/C19H19F3N4O3Si/c1-30(2,3)7-6-28-10-26-16-12(20)5-4-11(17(16)29-19(26)27)14-9-24-15(18(21)22)13(8-23)25-14/h4-5,9,18H,6-7,10H2,1-3H3. The van der Waals surface area contributed by atoms with Gasteiger partial charge in [0.05, 0.1) is 11.9 Å². The highest BCUT2D eigenvalue weighted by molar-refractivity contribution is 6.76. The molecule has 0 radical (unpaired) electrons. The Kier molecular flexibility index (Phi) is 6.09. The second kappa shape index (κ2) is 8.41. The van der Waals surface area contributed by atoms with Gasteiger partial charge in [-0.2, -0.15) is 5.26 Å². The van der Waals surface area contributed by atoms with Gasteiger partial charge < -0.3 is 9.15 Å². The van der Waals surface area contributed by atoms with Crippen LogP contribution in [0.1, 0.15) is 17.8 Å². The van der Waals surface area contributed by atoms with E-state index in [1.165, 1.54) is 6.07 Å². The van der Waals surface area contributed by atoms with E-state index in [1.54, 1.807) is 6.07 Å². The van der Waals surface area contributed by atoms with E-state index in [0.717, 1.165) is 22.9 Å². The van der Waals surface area contributed by atoms with Crippen molar-refractivity contribution in [3.8, 4) is 17.3 Å². The van der Waals surface area contributed by atoms with Crippen LogP contribution < -0.4 is 5.76 Å². The molecule has 0 spiro atoms. The van der Waals surface area contributed by atoms with Crippen LogP contribution in [0.5, 0.6) is 0 Å². The van der Waals surface area contributed by atoms with Gasteiger partial charge in [-0.15, -0.1) is 0 Å². The van der Waals surface area contributed by atoms with Gasteiger partial charge in [-0.25, -0.2) is 32.5 Å². The van der Waals surface area contributed by atoms with Gasteiger partial charge >= 0.3 is 5.76 Å². The number of hydrogen-bond acceptors (Lipinski definition) is 6. The molecule has 0 aliphatic heterocycles. The Morgan fingerprint density at radius 1 is 1.33 bits per heavy atom. The Bertz CT molecular complexity index is 1180. The Labute approximate surface area is 170 Å². The minimum absolute atomic E-state index is 0.00139. The summed E-state index contributed by atoms with van der Waals surface area (Å²) in [6, 6.07) is 4.82. The van der Waals surface area contributed by atoms with Crippen LogP contribution in [0.15, 0.2) is 27.5 Å². The SMILES string of the molecule is C[Si](C)(C)CCOCn1c(=O)oc2c(-c3cnc(C(F)F)c(C#N)n3)ccc(F)c21. The summed E-state index contributed by atoms with van der Waals surface area (Å²) < 4.78 is 52.2. The quantitative estimate of drug-likeness (QED) is 0.405. The number of oxazole rings is 1. The van der Waals surface area contributed by atoms with Crippen LogP contribution in [0.25, 0.3) is 22.4 Å². The molecule has 0 aliphatic carbocycles. The Morgan fingerprint density at radius 2 is 2.07 bits per heavy atom. The Balaban J connectivity index is 2.02. The average Bonchev–Trinajstić information content (AvgIpc) is 3.01. The van der Waals surface area contributed by atoms with E-state index in [9.17, 15) is 18.0 Å². The van der Waals surface area contributed by atoms with Crippen LogP contribution in [0.4, 0.5) is 13.2 Å². The molecule has 158 valence electrons. The molecule has 0 saturated heterocycles. The number of ether oxygens (including phenoxy) is 1. The fourth-order valence-electron chi connectivity index (χ4n) is 2.76. The van der Waals surface area contributed by atoms with Crippen LogP contribution in [0.2, 0.25) is 25.7 Å². The zero-order chi connectivity index (χ0) is 22.1. The van der Waals surface area contributed by atoms with Crippen molar-refractivity contribution in [2.75, 3.05) is 6.61 Å². The number of aromatic nitrogens is 3. The second-order valence-corrected chi connectivity index (χ2v) is 13.4. The van der Waals surface area contributed by atoms with Gasteiger partial charge in [0, 0.05) is 20.2 Å². The van der Waals surface area contributed by atoms with Crippen molar-refractivity contribution in [3.05, 3.63) is 46.1 Å². The van der Waals surface area contributed by atoms with Gasteiger partial charge in [-0.3, -0.25) is 0 Å². The van der Waals surface area contributed by atoms with Crippen molar-refractivity contribution in [2.45, 2.75) is 38.8 Å². The molecule has 1 aromatic carbocycles. The lowest BCUT2D eigenvalue weighted by molar-refractivity contribution is 0.0847. The molecule has 3 rings (SSSR count). The van der Waals surface area contributed by atoms with E-state index in [1.807, 2.05) is 0 Å². The molecule has 30 heavy (non-hydrogen) atoms. The normalized spacial score (nSPS) is 11.9. The lowest BCUT2D eigenvalue weighted by Gasteiger charge is -2.15. The summed E-state index contributed by atoms with van der Waals surface area (Å²) in [6.45, 7) is 6.76. The van der Waals surface area contributed by atoms with E-state index < -0.39 is 37.5 Å². The molecule has 11 heteroatoms. The maximum Gasteiger partial charge on any atom is 0.421 e. The largest absolute Gasteiger partial charge is 0.421 e. The fourth-order valence-corrected chi connectivity index (χ4v) is 3.52. The minimum Gasteiger partial charge on any atom is -0.407 e. The Hall–Kier alpha value is -2.97. The first-order chi connectivity index (χ1) is 14.1. The molecule has 0 saturated carbocycles. The summed E-state index contributed by atoms with van der Waals surface area (Å²) in [5, 5.41) is 9.08. The van der Waals surface area contributed by atoms with Crippen molar-refractivity contribution in [1.29, 1.82) is 5.26 Å². The van der Waals surface area contributed by atoms with E-state index in [4.69, 9.17) is 14.4 Å². The maximum atomic E-state index is 14.5. The molecule has 0 atom stereocenters. The number of benzene rings is 1. The summed E-state index contributed by atoms with van der Waals surface area (Å²) in [4.78, 5) is 19.8. The van der Waals surface area contributed by atoms with Crippen LogP contribution >= 0.6 is 0 Å². The highest BCUT2D eigenvalue weighted by Gasteiger charge is 2.22. The van der Waals surface area contributed by atoms with Gasteiger partial charge in [0.25, 0.3) is 6.43 Å². The first-order valence-corrected chi connectivity index (χ1v) is 12.8. The van der Waals surface area contributed by atoms with Crippen LogP contribution in [-0.4, -0.2) is 29.2 Å². The minimum atomic E-state index is -2.97. The lowest BCUT2D eigenvalue weighted by Crippen LogP contribution is -2.23. The molecular weight excluding hydrogens is 417 g/mol. The highest BCUT2D eigenvalue weighted by atomic mass is 28.3. The number of nitriles is 1. The predicted octanol–water partition coefficient (Wildman–Crippen LogP) is 4.31. The summed E-state index contributed by atoms with van der Waals surface area (Å²) in [5.74, 6) is -1.55.